The second kappa shape index (κ2) is 4.37. The number of aromatic nitrogens is 1. The van der Waals surface area contributed by atoms with Crippen LogP contribution in [0.25, 0.3) is 0 Å². The van der Waals surface area contributed by atoms with E-state index in [2.05, 4.69) is 16.9 Å². The summed E-state index contributed by atoms with van der Waals surface area (Å²) >= 11 is 6.05. The monoisotopic (exact) mass is 226 g/mol. The number of hydrogen-bond acceptors (Lipinski definition) is 3. The molecule has 0 N–H and O–H groups in total. The van der Waals surface area contributed by atoms with Crippen molar-refractivity contribution in [1.82, 2.24) is 9.88 Å². The van der Waals surface area contributed by atoms with Gasteiger partial charge >= 0.3 is 0 Å². The Morgan fingerprint density at radius 2 is 2.40 bits per heavy atom. The smallest absolute Gasteiger partial charge is 0.232 e. The number of ether oxygens (including phenoxy) is 1. The molecule has 15 heavy (non-hydrogen) atoms. The van der Waals surface area contributed by atoms with E-state index in [-0.39, 0.29) is 0 Å². The minimum absolute atomic E-state index is 0.459. The van der Waals surface area contributed by atoms with E-state index in [1.54, 1.807) is 7.11 Å². The molecule has 1 aromatic rings. The molecule has 1 fully saturated rings. The van der Waals surface area contributed by atoms with E-state index in [0.29, 0.717) is 16.9 Å². The van der Waals surface area contributed by atoms with Crippen LogP contribution in [0.4, 0.5) is 0 Å². The standard InChI is InChI=1S/C11H15ClN2O/c1-14-5-3-4-10(14)8-6-9(12)11(15-2)13-7-8/h6-7,10H,3-5H2,1-2H3/t10-/m0/s1. The number of halogens is 1. The highest BCUT2D eigenvalue weighted by Gasteiger charge is 2.23. The average molecular weight is 227 g/mol. The third-order valence-corrected chi connectivity index (χ3v) is 3.20. The molecule has 0 aromatic carbocycles. The molecule has 0 spiro atoms. The van der Waals surface area contributed by atoms with Crippen LogP contribution in [-0.2, 0) is 0 Å². The van der Waals surface area contributed by atoms with Crippen molar-refractivity contribution >= 4 is 11.6 Å². The van der Waals surface area contributed by atoms with Crippen LogP contribution in [0.3, 0.4) is 0 Å². The molecule has 2 rings (SSSR count). The second-order valence-corrected chi connectivity index (χ2v) is 4.31. The Hall–Kier alpha value is -0.800. The van der Waals surface area contributed by atoms with E-state index in [0.717, 1.165) is 6.54 Å². The normalized spacial score (nSPS) is 21.9. The lowest BCUT2D eigenvalue weighted by molar-refractivity contribution is 0.316. The number of methoxy groups -OCH3 is 1. The van der Waals surface area contributed by atoms with Crippen LogP contribution in [-0.4, -0.2) is 30.6 Å². The third kappa shape index (κ3) is 2.08. The fourth-order valence-electron chi connectivity index (χ4n) is 2.10. The van der Waals surface area contributed by atoms with Gasteiger partial charge in [0.05, 0.1) is 7.11 Å². The first-order valence-corrected chi connectivity index (χ1v) is 5.50. The van der Waals surface area contributed by atoms with Crippen molar-refractivity contribution in [2.45, 2.75) is 18.9 Å². The molecular weight excluding hydrogens is 212 g/mol. The van der Waals surface area contributed by atoms with Crippen molar-refractivity contribution < 1.29 is 4.74 Å². The van der Waals surface area contributed by atoms with Gasteiger partial charge in [-0.1, -0.05) is 11.6 Å². The van der Waals surface area contributed by atoms with Crippen molar-refractivity contribution in [3.05, 3.63) is 22.8 Å². The maximum Gasteiger partial charge on any atom is 0.232 e. The zero-order valence-corrected chi connectivity index (χ0v) is 9.79. The molecule has 0 amide bonds. The lowest BCUT2D eigenvalue weighted by Gasteiger charge is -2.19. The maximum absolute atomic E-state index is 6.05. The Labute approximate surface area is 95.0 Å². The second-order valence-electron chi connectivity index (χ2n) is 3.90. The molecule has 0 aliphatic carbocycles. The third-order valence-electron chi connectivity index (χ3n) is 2.93. The van der Waals surface area contributed by atoms with Gasteiger partial charge in [0.15, 0.2) is 0 Å². The lowest BCUT2D eigenvalue weighted by atomic mass is 10.1. The summed E-state index contributed by atoms with van der Waals surface area (Å²) in [5.41, 5.74) is 1.18. The van der Waals surface area contributed by atoms with E-state index in [1.807, 2.05) is 12.3 Å². The number of nitrogens with zero attached hydrogens (tertiary/aromatic N) is 2. The summed E-state index contributed by atoms with van der Waals surface area (Å²) in [5, 5.41) is 0.593. The molecule has 1 aromatic heterocycles. The molecule has 82 valence electrons. The summed E-state index contributed by atoms with van der Waals surface area (Å²) in [6.07, 6.45) is 4.28. The van der Waals surface area contributed by atoms with Gasteiger partial charge in [0, 0.05) is 12.2 Å². The quantitative estimate of drug-likeness (QED) is 0.775. The average Bonchev–Trinajstić information content (AvgIpc) is 2.64. The van der Waals surface area contributed by atoms with Gasteiger partial charge in [0.25, 0.3) is 0 Å². The predicted octanol–water partition coefficient (Wildman–Crippen LogP) is 2.51. The molecule has 4 heteroatoms. The van der Waals surface area contributed by atoms with Gasteiger partial charge in [-0.05, 0) is 38.1 Å². The van der Waals surface area contributed by atoms with Gasteiger partial charge in [-0.3, -0.25) is 4.90 Å². The highest BCUT2D eigenvalue weighted by atomic mass is 35.5. The maximum atomic E-state index is 6.05. The fourth-order valence-corrected chi connectivity index (χ4v) is 2.36. The van der Waals surface area contributed by atoms with E-state index >= 15 is 0 Å². The molecule has 3 nitrogen and oxygen atoms in total. The Bertz CT molecular complexity index is 356. The Balaban J connectivity index is 2.25. The summed E-state index contributed by atoms with van der Waals surface area (Å²) in [7, 11) is 3.71. The summed E-state index contributed by atoms with van der Waals surface area (Å²) in [4.78, 5) is 6.53. The number of likely N-dealkylation sites (tertiary alicyclic amines) is 1. The van der Waals surface area contributed by atoms with Gasteiger partial charge in [-0.15, -0.1) is 0 Å². The van der Waals surface area contributed by atoms with E-state index in [9.17, 15) is 0 Å². The first-order chi connectivity index (χ1) is 7.22. The summed E-state index contributed by atoms with van der Waals surface area (Å²) in [6.45, 7) is 1.15. The zero-order valence-electron chi connectivity index (χ0n) is 9.03. The molecule has 0 saturated carbocycles. The Morgan fingerprint density at radius 3 is 2.93 bits per heavy atom. The van der Waals surface area contributed by atoms with Crippen LogP contribution >= 0.6 is 11.6 Å². The molecular formula is C11H15ClN2O. The molecule has 1 aliphatic heterocycles. The first-order valence-electron chi connectivity index (χ1n) is 5.12. The van der Waals surface area contributed by atoms with E-state index in [1.165, 1.54) is 18.4 Å². The van der Waals surface area contributed by atoms with Gasteiger partial charge in [-0.2, -0.15) is 0 Å². The van der Waals surface area contributed by atoms with E-state index < -0.39 is 0 Å². The van der Waals surface area contributed by atoms with Gasteiger partial charge in [0.1, 0.15) is 5.02 Å². The number of hydrogen-bond donors (Lipinski definition) is 0. The lowest BCUT2D eigenvalue weighted by Crippen LogP contribution is -2.17. The highest BCUT2D eigenvalue weighted by Crippen LogP contribution is 2.33. The largest absolute Gasteiger partial charge is 0.480 e. The molecule has 0 radical (unpaired) electrons. The first kappa shape index (κ1) is 10.7. The summed E-state index contributed by atoms with van der Waals surface area (Å²) < 4.78 is 5.03. The van der Waals surface area contributed by atoms with Gasteiger partial charge in [0.2, 0.25) is 5.88 Å². The van der Waals surface area contributed by atoms with Crippen LogP contribution in [0, 0.1) is 0 Å². The summed E-state index contributed by atoms with van der Waals surface area (Å²) in [6, 6.07) is 2.42. The predicted molar refractivity (Wildman–Crippen MR) is 60.4 cm³/mol. The molecule has 1 atom stereocenters. The molecule has 1 saturated heterocycles. The van der Waals surface area contributed by atoms with Crippen molar-refractivity contribution in [1.29, 1.82) is 0 Å². The minimum atomic E-state index is 0.459. The van der Waals surface area contributed by atoms with Gasteiger partial charge in [-0.25, -0.2) is 4.98 Å². The minimum Gasteiger partial charge on any atom is -0.480 e. The number of pyridine rings is 1. The molecule has 0 bridgehead atoms. The Kier molecular flexibility index (Phi) is 3.12. The topological polar surface area (TPSA) is 25.4 Å². The molecule has 2 heterocycles. The molecule has 0 unspecified atom stereocenters. The number of rotatable bonds is 2. The van der Waals surface area contributed by atoms with E-state index in [4.69, 9.17) is 16.3 Å². The van der Waals surface area contributed by atoms with Crippen LogP contribution < -0.4 is 4.74 Å². The van der Waals surface area contributed by atoms with Crippen molar-refractivity contribution in [3.8, 4) is 5.88 Å². The van der Waals surface area contributed by atoms with Crippen molar-refractivity contribution in [2.24, 2.45) is 0 Å². The fraction of sp³-hybridized carbons (Fsp3) is 0.545. The highest BCUT2D eigenvalue weighted by molar-refractivity contribution is 6.31. The zero-order chi connectivity index (χ0) is 10.8. The van der Waals surface area contributed by atoms with Gasteiger partial charge < -0.3 is 4.74 Å². The van der Waals surface area contributed by atoms with Crippen LogP contribution in [0.15, 0.2) is 12.3 Å². The SMILES string of the molecule is COc1ncc([C@@H]2CCCN2C)cc1Cl. The van der Waals surface area contributed by atoms with Crippen LogP contribution in [0.1, 0.15) is 24.4 Å². The van der Waals surface area contributed by atoms with Crippen LogP contribution in [0.2, 0.25) is 5.02 Å². The van der Waals surface area contributed by atoms with Crippen molar-refractivity contribution in [3.63, 3.8) is 0 Å². The van der Waals surface area contributed by atoms with Crippen molar-refractivity contribution in [2.75, 3.05) is 20.7 Å². The summed E-state index contributed by atoms with van der Waals surface area (Å²) in [5.74, 6) is 0.501. The van der Waals surface area contributed by atoms with Crippen LogP contribution in [0.5, 0.6) is 5.88 Å². The molecule has 1 aliphatic rings. The Morgan fingerprint density at radius 1 is 1.60 bits per heavy atom.